The first-order valence-corrected chi connectivity index (χ1v) is 7.38. The van der Waals surface area contributed by atoms with Crippen LogP contribution in [0.5, 0.6) is 0 Å². The summed E-state index contributed by atoms with van der Waals surface area (Å²) in [5.74, 6) is 2.16. The Labute approximate surface area is 109 Å². The maximum atomic E-state index is 4.23. The van der Waals surface area contributed by atoms with Gasteiger partial charge in [-0.1, -0.05) is 0 Å². The van der Waals surface area contributed by atoms with Gasteiger partial charge >= 0.3 is 0 Å². The molecule has 0 saturated heterocycles. The Hall–Kier alpha value is -0.740. The minimum atomic E-state index is 0.619. The van der Waals surface area contributed by atoms with Crippen LogP contribution in [0, 0.1) is 0 Å². The van der Waals surface area contributed by atoms with Crippen molar-refractivity contribution >= 4 is 17.6 Å². The summed E-state index contributed by atoms with van der Waals surface area (Å²) < 4.78 is 0. The topological polar surface area (TPSA) is 28.2 Å². The number of rotatable bonds is 7. The predicted molar refractivity (Wildman–Crippen MR) is 77.7 cm³/mol. The number of aromatic nitrogens is 1. The van der Waals surface area contributed by atoms with Gasteiger partial charge < -0.3 is 5.32 Å². The second-order valence-corrected chi connectivity index (χ2v) is 5.33. The highest BCUT2D eigenvalue weighted by Crippen LogP contribution is 2.12. The maximum absolute atomic E-state index is 4.23. The van der Waals surface area contributed by atoms with Gasteiger partial charge in [-0.2, -0.15) is 11.8 Å². The van der Waals surface area contributed by atoms with Crippen LogP contribution < -0.4 is 5.32 Å². The first-order chi connectivity index (χ1) is 8.17. The van der Waals surface area contributed by atoms with Crippen molar-refractivity contribution < 1.29 is 0 Å². The highest BCUT2D eigenvalue weighted by Gasteiger charge is 2.09. The number of hydrogen-bond acceptors (Lipinski definition) is 4. The quantitative estimate of drug-likeness (QED) is 0.809. The molecule has 1 N–H and O–H groups in total. The summed E-state index contributed by atoms with van der Waals surface area (Å²) >= 11 is 1.91. The zero-order chi connectivity index (χ0) is 12.7. The van der Waals surface area contributed by atoms with Gasteiger partial charge in [0, 0.05) is 25.8 Å². The van der Waals surface area contributed by atoms with Crippen molar-refractivity contribution in [2.24, 2.45) is 0 Å². The number of pyridine rings is 1. The molecule has 0 aromatic carbocycles. The SMILES string of the molecule is CNc1cc(CN(C)C(C)CCSC)ccn1. The number of anilines is 1. The van der Waals surface area contributed by atoms with E-state index in [1.54, 1.807) is 0 Å². The Kier molecular flexibility index (Phi) is 6.37. The number of nitrogens with one attached hydrogen (secondary N) is 1. The normalized spacial score (nSPS) is 12.8. The van der Waals surface area contributed by atoms with Crippen LogP contribution in [0.15, 0.2) is 18.3 Å². The Balaban J connectivity index is 2.51. The second-order valence-electron chi connectivity index (χ2n) is 4.34. The van der Waals surface area contributed by atoms with Crippen molar-refractivity contribution in [3.05, 3.63) is 23.9 Å². The van der Waals surface area contributed by atoms with Crippen molar-refractivity contribution in [2.75, 3.05) is 31.4 Å². The first kappa shape index (κ1) is 14.3. The van der Waals surface area contributed by atoms with Gasteiger partial charge in [-0.05, 0) is 50.1 Å². The molecule has 0 fully saturated rings. The van der Waals surface area contributed by atoms with Gasteiger partial charge in [0.2, 0.25) is 0 Å². The van der Waals surface area contributed by atoms with Gasteiger partial charge in [0.15, 0.2) is 0 Å². The van der Waals surface area contributed by atoms with Gasteiger partial charge in [-0.25, -0.2) is 4.98 Å². The largest absolute Gasteiger partial charge is 0.373 e. The zero-order valence-corrected chi connectivity index (χ0v) is 12.0. The van der Waals surface area contributed by atoms with E-state index < -0.39 is 0 Å². The third-order valence-corrected chi connectivity index (χ3v) is 3.65. The zero-order valence-electron chi connectivity index (χ0n) is 11.2. The van der Waals surface area contributed by atoms with E-state index >= 15 is 0 Å². The number of thioether (sulfide) groups is 1. The highest BCUT2D eigenvalue weighted by molar-refractivity contribution is 7.98. The second kappa shape index (κ2) is 7.56. The van der Waals surface area contributed by atoms with Gasteiger partial charge in [0.1, 0.15) is 5.82 Å². The van der Waals surface area contributed by atoms with E-state index in [9.17, 15) is 0 Å². The molecule has 0 aliphatic heterocycles. The summed E-state index contributed by atoms with van der Waals surface area (Å²) in [5.41, 5.74) is 1.31. The Bertz CT molecular complexity index is 330. The average Bonchev–Trinajstić information content (AvgIpc) is 2.36. The minimum Gasteiger partial charge on any atom is -0.373 e. The van der Waals surface area contributed by atoms with Crippen molar-refractivity contribution in [3.8, 4) is 0 Å². The molecule has 1 aromatic heterocycles. The van der Waals surface area contributed by atoms with E-state index in [2.05, 4.69) is 47.6 Å². The molecule has 1 aromatic rings. The van der Waals surface area contributed by atoms with Crippen LogP contribution in [0.3, 0.4) is 0 Å². The van der Waals surface area contributed by atoms with E-state index in [-0.39, 0.29) is 0 Å². The average molecular weight is 253 g/mol. The van der Waals surface area contributed by atoms with Crippen LogP contribution in [-0.4, -0.2) is 42.0 Å². The lowest BCUT2D eigenvalue weighted by Gasteiger charge is -2.24. The fourth-order valence-corrected chi connectivity index (χ4v) is 2.24. The summed E-state index contributed by atoms with van der Waals surface area (Å²) in [5, 5.41) is 3.07. The third-order valence-electron chi connectivity index (χ3n) is 3.00. The molecule has 0 spiro atoms. The molecule has 1 rings (SSSR count). The van der Waals surface area contributed by atoms with E-state index in [0.717, 1.165) is 12.4 Å². The van der Waals surface area contributed by atoms with Gasteiger partial charge in [-0.15, -0.1) is 0 Å². The molecular weight excluding hydrogens is 230 g/mol. The Morgan fingerprint density at radius 3 is 2.94 bits per heavy atom. The molecule has 1 atom stereocenters. The van der Waals surface area contributed by atoms with E-state index in [1.807, 2.05) is 25.0 Å². The van der Waals surface area contributed by atoms with Crippen molar-refractivity contribution in [1.82, 2.24) is 9.88 Å². The summed E-state index contributed by atoms with van der Waals surface area (Å²) in [6, 6.07) is 4.81. The van der Waals surface area contributed by atoms with E-state index in [4.69, 9.17) is 0 Å². The maximum Gasteiger partial charge on any atom is 0.125 e. The molecule has 3 nitrogen and oxygen atoms in total. The molecular formula is C13H23N3S. The summed E-state index contributed by atoms with van der Waals surface area (Å²) in [6.07, 6.45) is 5.26. The molecule has 17 heavy (non-hydrogen) atoms. The van der Waals surface area contributed by atoms with E-state index in [1.165, 1.54) is 17.7 Å². The van der Waals surface area contributed by atoms with Crippen molar-refractivity contribution in [3.63, 3.8) is 0 Å². The molecule has 4 heteroatoms. The van der Waals surface area contributed by atoms with Crippen LogP contribution in [0.2, 0.25) is 0 Å². The van der Waals surface area contributed by atoms with Crippen LogP contribution in [0.4, 0.5) is 5.82 Å². The lowest BCUT2D eigenvalue weighted by molar-refractivity contribution is 0.245. The van der Waals surface area contributed by atoms with Gasteiger partial charge in [0.05, 0.1) is 0 Å². The van der Waals surface area contributed by atoms with Crippen LogP contribution in [0.1, 0.15) is 18.9 Å². The number of nitrogens with zero attached hydrogens (tertiary/aromatic N) is 2. The highest BCUT2D eigenvalue weighted by atomic mass is 32.2. The fourth-order valence-electron chi connectivity index (χ4n) is 1.66. The molecule has 0 radical (unpaired) electrons. The third kappa shape index (κ3) is 4.96. The fraction of sp³-hybridized carbons (Fsp3) is 0.615. The standard InChI is InChI=1S/C13H23N3S/c1-11(6-8-17-4)16(3)10-12-5-7-15-13(9-12)14-2/h5,7,9,11H,6,8,10H2,1-4H3,(H,14,15). The minimum absolute atomic E-state index is 0.619. The summed E-state index contributed by atoms with van der Waals surface area (Å²) in [6.45, 7) is 3.27. The summed E-state index contributed by atoms with van der Waals surface area (Å²) in [4.78, 5) is 6.62. The smallest absolute Gasteiger partial charge is 0.125 e. The van der Waals surface area contributed by atoms with Gasteiger partial charge in [-0.3, -0.25) is 4.90 Å². The molecule has 0 bridgehead atoms. The molecule has 1 unspecified atom stereocenters. The van der Waals surface area contributed by atoms with E-state index in [0.29, 0.717) is 6.04 Å². The van der Waals surface area contributed by atoms with Crippen molar-refractivity contribution in [2.45, 2.75) is 25.9 Å². The van der Waals surface area contributed by atoms with Gasteiger partial charge in [0.25, 0.3) is 0 Å². The van der Waals surface area contributed by atoms with Crippen molar-refractivity contribution in [1.29, 1.82) is 0 Å². The molecule has 0 aliphatic carbocycles. The van der Waals surface area contributed by atoms with Crippen LogP contribution in [-0.2, 0) is 6.54 Å². The molecule has 1 heterocycles. The molecule has 96 valence electrons. The lowest BCUT2D eigenvalue weighted by Crippen LogP contribution is -2.29. The number of hydrogen-bond donors (Lipinski definition) is 1. The predicted octanol–water partition coefficient (Wildman–Crippen LogP) is 2.70. The molecule has 0 aliphatic rings. The Morgan fingerprint density at radius 1 is 1.53 bits per heavy atom. The molecule has 0 saturated carbocycles. The van der Waals surface area contributed by atoms with Crippen LogP contribution >= 0.6 is 11.8 Å². The van der Waals surface area contributed by atoms with Crippen LogP contribution in [0.25, 0.3) is 0 Å². The lowest BCUT2D eigenvalue weighted by atomic mass is 10.2. The molecule has 0 amide bonds. The first-order valence-electron chi connectivity index (χ1n) is 5.99. The summed E-state index contributed by atoms with van der Waals surface area (Å²) in [7, 11) is 4.08. The Morgan fingerprint density at radius 2 is 2.29 bits per heavy atom. The monoisotopic (exact) mass is 253 g/mol.